The summed E-state index contributed by atoms with van der Waals surface area (Å²) in [6, 6.07) is 8.91. The highest BCUT2D eigenvalue weighted by Gasteiger charge is 2.12. The zero-order valence-corrected chi connectivity index (χ0v) is 14.2. The van der Waals surface area contributed by atoms with Crippen molar-refractivity contribution in [3.63, 3.8) is 0 Å². The fourth-order valence-corrected chi connectivity index (χ4v) is 2.57. The second kappa shape index (κ2) is 6.48. The van der Waals surface area contributed by atoms with Gasteiger partial charge in [0.1, 0.15) is 11.6 Å². The van der Waals surface area contributed by atoms with E-state index >= 15 is 0 Å². The molecule has 4 heteroatoms. The van der Waals surface area contributed by atoms with Gasteiger partial charge in [-0.2, -0.15) is 0 Å². The molecule has 0 aliphatic rings. The summed E-state index contributed by atoms with van der Waals surface area (Å²) in [6.45, 7) is 6.03. The summed E-state index contributed by atoms with van der Waals surface area (Å²) in [5.74, 6) is 0.263. The van der Waals surface area contributed by atoms with Crippen molar-refractivity contribution >= 4 is 21.6 Å². The zero-order chi connectivity index (χ0) is 15.6. The molecule has 0 amide bonds. The molecule has 2 rings (SSSR count). The lowest BCUT2D eigenvalue weighted by Gasteiger charge is -2.18. The maximum Gasteiger partial charge on any atom is 0.132 e. The van der Waals surface area contributed by atoms with Gasteiger partial charge in [-0.05, 0) is 50.1 Å². The van der Waals surface area contributed by atoms with Gasteiger partial charge < -0.3 is 10.1 Å². The summed E-state index contributed by atoms with van der Waals surface area (Å²) in [5, 5.41) is 3.34. The minimum absolute atomic E-state index is 0.129. The molecule has 0 spiro atoms. The third-order valence-electron chi connectivity index (χ3n) is 3.49. The molecule has 2 aromatic carbocycles. The molecular weight excluding hydrogens is 333 g/mol. The van der Waals surface area contributed by atoms with Crippen molar-refractivity contribution in [1.82, 2.24) is 0 Å². The third-order valence-corrected chi connectivity index (χ3v) is 4.74. The lowest BCUT2D eigenvalue weighted by Crippen LogP contribution is -2.09. The van der Waals surface area contributed by atoms with Crippen molar-refractivity contribution in [2.45, 2.75) is 26.8 Å². The maximum atomic E-state index is 14.1. The van der Waals surface area contributed by atoms with Gasteiger partial charge in [-0.15, -0.1) is 0 Å². The molecular formula is C17H19BrFNO. The number of methoxy groups -OCH3 is 1. The summed E-state index contributed by atoms with van der Waals surface area (Å²) in [7, 11) is 1.53. The monoisotopic (exact) mass is 351 g/mol. The van der Waals surface area contributed by atoms with Gasteiger partial charge in [-0.25, -0.2) is 4.39 Å². The van der Waals surface area contributed by atoms with Gasteiger partial charge in [0, 0.05) is 21.8 Å². The van der Waals surface area contributed by atoms with E-state index in [-0.39, 0.29) is 11.9 Å². The molecule has 0 aromatic heterocycles. The Labute approximate surface area is 133 Å². The van der Waals surface area contributed by atoms with E-state index in [2.05, 4.69) is 33.4 Å². The van der Waals surface area contributed by atoms with E-state index in [0.29, 0.717) is 11.3 Å². The van der Waals surface area contributed by atoms with Crippen LogP contribution in [-0.2, 0) is 0 Å². The molecule has 0 aliphatic heterocycles. The van der Waals surface area contributed by atoms with Crippen LogP contribution in [0.25, 0.3) is 0 Å². The standard InChI is InChI=1S/C17H19BrFNO/c1-10-7-13(8-11(2)17(10)18)20-12(3)15-6-5-14(21-4)9-16(15)19/h5-9,12,20H,1-4H3. The molecule has 0 aliphatic carbocycles. The fraction of sp³-hybridized carbons (Fsp3) is 0.294. The average Bonchev–Trinajstić information content (AvgIpc) is 2.44. The van der Waals surface area contributed by atoms with Crippen LogP contribution in [0.5, 0.6) is 5.75 Å². The van der Waals surface area contributed by atoms with E-state index in [1.807, 2.05) is 20.8 Å². The summed E-state index contributed by atoms with van der Waals surface area (Å²) in [6.07, 6.45) is 0. The lowest BCUT2D eigenvalue weighted by atomic mass is 10.1. The first kappa shape index (κ1) is 15.8. The smallest absolute Gasteiger partial charge is 0.132 e. The van der Waals surface area contributed by atoms with Crippen LogP contribution in [0, 0.1) is 19.7 Å². The van der Waals surface area contributed by atoms with Gasteiger partial charge in [0.15, 0.2) is 0 Å². The summed E-state index contributed by atoms with van der Waals surface area (Å²) >= 11 is 3.55. The van der Waals surface area contributed by atoms with Gasteiger partial charge in [-0.1, -0.05) is 22.0 Å². The van der Waals surface area contributed by atoms with Gasteiger partial charge in [0.25, 0.3) is 0 Å². The molecule has 21 heavy (non-hydrogen) atoms. The number of rotatable bonds is 4. The molecule has 0 radical (unpaired) electrons. The second-order valence-electron chi connectivity index (χ2n) is 5.18. The Balaban J connectivity index is 2.23. The molecule has 0 fully saturated rings. The molecule has 0 heterocycles. The first-order valence-electron chi connectivity index (χ1n) is 6.79. The molecule has 0 bridgehead atoms. The predicted molar refractivity (Wildman–Crippen MR) is 88.6 cm³/mol. The quantitative estimate of drug-likeness (QED) is 0.797. The van der Waals surface area contributed by atoms with Crippen molar-refractivity contribution in [2.24, 2.45) is 0 Å². The Bertz CT molecular complexity index is 634. The minimum Gasteiger partial charge on any atom is -0.497 e. The Hall–Kier alpha value is -1.55. The Morgan fingerprint density at radius 2 is 1.76 bits per heavy atom. The molecule has 112 valence electrons. The number of hydrogen-bond donors (Lipinski definition) is 1. The molecule has 2 nitrogen and oxygen atoms in total. The first-order chi connectivity index (χ1) is 9.92. The van der Waals surface area contributed by atoms with Crippen LogP contribution in [0.4, 0.5) is 10.1 Å². The Kier molecular flexibility index (Phi) is 4.88. The van der Waals surface area contributed by atoms with Crippen molar-refractivity contribution in [3.8, 4) is 5.75 Å². The van der Waals surface area contributed by atoms with Crippen LogP contribution in [0.3, 0.4) is 0 Å². The lowest BCUT2D eigenvalue weighted by molar-refractivity contribution is 0.410. The fourth-order valence-electron chi connectivity index (χ4n) is 2.34. The van der Waals surface area contributed by atoms with E-state index in [1.54, 1.807) is 12.1 Å². The van der Waals surface area contributed by atoms with Crippen LogP contribution < -0.4 is 10.1 Å². The summed E-state index contributed by atoms with van der Waals surface area (Å²) in [5.41, 5.74) is 3.91. The Morgan fingerprint density at radius 3 is 2.29 bits per heavy atom. The number of aryl methyl sites for hydroxylation is 2. The second-order valence-corrected chi connectivity index (χ2v) is 5.97. The molecule has 0 saturated heterocycles. The highest BCUT2D eigenvalue weighted by atomic mass is 79.9. The number of ether oxygens (including phenoxy) is 1. The molecule has 1 N–H and O–H groups in total. The van der Waals surface area contributed by atoms with E-state index < -0.39 is 0 Å². The Morgan fingerprint density at radius 1 is 1.14 bits per heavy atom. The van der Waals surface area contributed by atoms with Crippen LogP contribution in [0.2, 0.25) is 0 Å². The SMILES string of the molecule is COc1ccc(C(C)Nc2cc(C)c(Br)c(C)c2)c(F)c1. The maximum absolute atomic E-state index is 14.1. The van der Waals surface area contributed by atoms with Gasteiger partial charge in [0.2, 0.25) is 0 Å². The van der Waals surface area contributed by atoms with Crippen molar-refractivity contribution in [2.75, 3.05) is 12.4 Å². The van der Waals surface area contributed by atoms with Gasteiger partial charge in [-0.3, -0.25) is 0 Å². The molecule has 1 unspecified atom stereocenters. The molecule has 0 saturated carbocycles. The third kappa shape index (κ3) is 3.56. The highest BCUT2D eigenvalue weighted by molar-refractivity contribution is 9.10. The van der Waals surface area contributed by atoms with Crippen LogP contribution >= 0.6 is 15.9 Å². The van der Waals surface area contributed by atoms with E-state index in [1.165, 1.54) is 13.2 Å². The van der Waals surface area contributed by atoms with Gasteiger partial charge in [0.05, 0.1) is 13.2 Å². The van der Waals surface area contributed by atoms with E-state index in [4.69, 9.17) is 4.74 Å². The highest BCUT2D eigenvalue weighted by Crippen LogP contribution is 2.29. The summed E-state index contributed by atoms with van der Waals surface area (Å²) < 4.78 is 20.2. The van der Waals surface area contributed by atoms with E-state index in [9.17, 15) is 4.39 Å². The predicted octanol–water partition coefficient (Wildman–Crippen LogP) is 5.39. The minimum atomic E-state index is -0.264. The van der Waals surface area contributed by atoms with E-state index in [0.717, 1.165) is 21.3 Å². The number of hydrogen-bond acceptors (Lipinski definition) is 2. The average molecular weight is 352 g/mol. The van der Waals surface area contributed by atoms with Crippen molar-refractivity contribution in [3.05, 3.63) is 57.3 Å². The van der Waals surface area contributed by atoms with Gasteiger partial charge >= 0.3 is 0 Å². The number of halogens is 2. The summed E-state index contributed by atoms with van der Waals surface area (Å²) in [4.78, 5) is 0. The van der Waals surface area contributed by atoms with Crippen LogP contribution in [0.15, 0.2) is 34.8 Å². The first-order valence-corrected chi connectivity index (χ1v) is 7.58. The molecule has 1 atom stereocenters. The molecule has 2 aromatic rings. The number of benzene rings is 2. The topological polar surface area (TPSA) is 21.3 Å². The largest absolute Gasteiger partial charge is 0.497 e. The van der Waals surface area contributed by atoms with Crippen LogP contribution in [0.1, 0.15) is 29.7 Å². The number of anilines is 1. The van der Waals surface area contributed by atoms with Crippen molar-refractivity contribution in [1.29, 1.82) is 0 Å². The van der Waals surface area contributed by atoms with Crippen LogP contribution in [-0.4, -0.2) is 7.11 Å². The zero-order valence-electron chi connectivity index (χ0n) is 12.6. The number of nitrogens with one attached hydrogen (secondary N) is 1. The normalized spacial score (nSPS) is 12.1. The van der Waals surface area contributed by atoms with Crippen molar-refractivity contribution < 1.29 is 9.13 Å².